The van der Waals surface area contributed by atoms with Crippen molar-refractivity contribution in [1.29, 1.82) is 0 Å². The maximum Gasteiger partial charge on any atom is 0.244 e. The molecule has 0 aliphatic rings. The fourth-order valence-corrected chi connectivity index (χ4v) is 4.20. The van der Waals surface area contributed by atoms with Crippen molar-refractivity contribution in [2.75, 3.05) is 21.2 Å². The van der Waals surface area contributed by atoms with Gasteiger partial charge >= 0.3 is 0 Å². The molecule has 0 saturated carbocycles. The Morgan fingerprint density at radius 2 is 1.65 bits per heavy atom. The maximum atomic E-state index is 13.4. The minimum Gasteiger partial charge on any atom is -0.495 e. The molecule has 7 nitrogen and oxygen atoms in total. The highest BCUT2D eigenvalue weighted by molar-refractivity contribution is 7.89. The number of halogens is 1. The number of methoxy groups -OCH3 is 1. The molecule has 1 N–H and O–H groups in total. The van der Waals surface area contributed by atoms with E-state index in [1.165, 1.54) is 51.5 Å². The molecule has 0 bridgehead atoms. The molecule has 0 aliphatic heterocycles. The average molecular weight is 402 g/mol. The summed E-state index contributed by atoms with van der Waals surface area (Å²) in [7, 11) is -3.45. The molecule has 0 aliphatic carbocycles. The second-order valence-corrected chi connectivity index (χ2v) is 9.44. The van der Waals surface area contributed by atoms with Gasteiger partial charge in [0.15, 0.2) is 0 Å². The standard InChI is InChI=1S/C16H19FN2O5S2/c1-19(2)26(22,23)14-7-4-12(5-8-14)11-18-25(20,21)16-10-13(17)6-9-15(16)24-3/h4-10,18H,11H2,1-3H3. The van der Waals surface area contributed by atoms with Crippen LogP contribution in [0.25, 0.3) is 0 Å². The molecule has 2 aromatic carbocycles. The summed E-state index contributed by atoms with van der Waals surface area (Å²) in [6, 6.07) is 8.98. The third kappa shape index (κ3) is 4.39. The van der Waals surface area contributed by atoms with Crippen LogP contribution >= 0.6 is 0 Å². The Morgan fingerprint density at radius 1 is 1.04 bits per heavy atom. The lowest BCUT2D eigenvalue weighted by Crippen LogP contribution is -2.24. The number of rotatable bonds is 7. The van der Waals surface area contributed by atoms with Gasteiger partial charge in [-0.2, -0.15) is 0 Å². The molecular weight excluding hydrogens is 383 g/mol. The zero-order valence-electron chi connectivity index (χ0n) is 14.4. The third-order valence-electron chi connectivity index (χ3n) is 3.58. The number of benzene rings is 2. The lowest BCUT2D eigenvalue weighted by molar-refractivity contribution is 0.400. The fourth-order valence-electron chi connectivity index (χ4n) is 2.11. The number of hydrogen-bond donors (Lipinski definition) is 1. The first kappa shape index (κ1) is 20.3. The van der Waals surface area contributed by atoms with Crippen LogP contribution in [0.4, 0.5) is 4.39 Å². The normalized spacial score (nSPS) is 12.3. The highest BCUT2D eigenvalue weighted by Gasteiger charge is 2.21. The summed E-state index contributed by atoms with van der Waals surface area (Å²) in [6.45, 7) is -0.0930. The Balaban J connectivity index is 2.20. The number of sulfonamides is 2. The van der Waals surface area contributed by atoms with E-state index in [9.17, 15) is 21.2 Å². The topological polar surface area (TPSA) is 92.8 Å². The molecule has 0 amide bonds. The van der Waals surface area contributed by atoms with E-state index in [2.05, 4.69) is 4.72 Å². The van der Waals surface area contributed by atoms with Crippen LogP contribution in [0.15, 0.2) is 52.3 Å². The Morgan fingerprint density at radius 3 is 2.19 bits per heavy atom. The summed E-state index contributed by atoms with van der Waals surface area (Å²) >= 11 is 0. The van der Waals surface area contributed by atoms with Gasteiger partial charge in [-0.3, -0.25) is 0 Å². The molecule has 0 atom stereocenters. The lowest BCUT2D eigenvalue weighted by Gasteiger charge is -2.13. The lowest BCUT2D eigenvalue weighted by atomic mass is 10.2. The van der Waals surface area contributed by atoms with Gasteiger partial charge in [-0.05, 0) is 35.9 Å². The molecule has 142 valence electrons. The van der Waals surface area contributed by atoms with Crippen LogP contribution < -0.4 is 9.46 Å². The second kappa shape index (κ2) is 7.70. The average Bonchev–Trinajstić information content (AvgIpc) is 2.60. The maximum absolute atomic E-state index is 13.4. The van der Waals surface area contributed by atoms with Crippen LogP contribution in [-0.2, 0) is 26.6 Å². The molecular formula is C16H19FN2O5S2. The summed E-state index contributed by atoms with van der Waals surface area (Å²) in [4.78, 5) is -0.215. The third-order valence-corrected chi connectivity index (χ3v) is 6.84. The van der Waals surface area contributed by atoms with Crippen LogP contribution in [0.3, 0.4) is 0 Å². The fraction of sp³-hybridized carbons (Fsp3) is 0.250. The van der Waals surface area contributed by atoms with E-state index in [1.54, 1.807) is 0 Å². The Labute approximate surface area is 152 Å². The quantitative estimate of drug-likeness (QED) is 0.759. The van der Waals surface area contributed by atoms with Gasteiger partial charge in [0.2, 0.25) is 20.0 Å². The van der Waals surface area contributed by atoms with Crippen molar-refractivity contribution in [2.24, 2.45) is 0 Å². The van der Waals surface area contributed by atoms with Gasteiger partial charge in [0.1, 0.15) is 16.5 Å². The van der Waals surface area contributed by atoms with Gasteiger partial charge in [0.25, 0.3) is 0 Å². The van der Waals surface area contributed by atoms with Gasteiger partial charge in [-0.25, -0.2) is 30.3 Å². The summed E-state index contributed by atoms with van der Waals surface area (Å²) < 4.78 is 70.6. The smallest absolute Gasteiger partial charge is 0.244 e. The van der Waals surface area contributed by atoms with Crippen molar-refractivity contribution >= 4 is 20.0 Å². The van der Waals surface area contributed by atoms with E-state index in [1.807, 2.05) is 0 Å². The largest absolute Gasteiger partial charge is 0.495 e. The number of hydrogen-bond acceptors (Lipinski definition) is 5. The highest BCUT2D eigenvalue weighted by Crippen LogP contribution is 2.24. The van der Waals surface area contributed by atoms with Gasteiger partial charge in [-0.1, -0.05) is 12.1 Å². The number of nitrogens with one attached hydrogen (secondary N) is 1. The summed E-state index contributed by atoms with van der Waals surface area (Å²) in [5.41, 5.74) is 0.543. The second-order valence-electron chi connectivity index (χ2n) is 5.55. The molecule has 0 unspecified atom stereocenters. The zero-order chi connectivity index (χ0) is 19.5. The molecule has 2 rings (SSSR count). The highest BCUT2D eigenvalue weighted by atomic mass is 32.2. The molecule has 0 aromatic heterocycles. The van der Waals surface area contributed by atoms with E-state index in [0.29, 0.717) is 5.56 Å². The Kier molecular flexibility index (Phi) is 6.02. The molecule has 10 heteroatoms. The van der Waals surface area contributed by atoms with Crippen molar-refractivity contribution in [3.8, 4) is 5.75 Å². The predicted molar refractivity (Wildman–Crippen MR) is 94.3 cm³/mol. The molecule has 0 radical (unpaired) electrons. The van der Waals surface area contributed by atoms with Crippen molar-refractivity contribution in [2.45, 2.75) is 16.3 Å². The first-order chi connectivity index (χ1) is 12.1. The monoisotopic (exact) mass is 402 g/mol. The molecule has 0 spiro atoms. The first-order valence-corrected chi connectivity index (χ1v) is 10.3. The minimum absolute atomic E-state index is 0.0197. The zero-order valence-corrected chi connectivity index (χ0v) is 16.1. The van der Waals surface area contributed by atoms with E-state index in [0.717, 1.165) is 16.4 Å². The summed E-state index contributed by atoms with van der Waals surface area (Å²) in [5.74, 6) is -0.684. The van der Waals surface area contributed by atoms with Crippen molar-refractivity contribution in [3.05, 3.63) is 53.8 Å². The number of ether oxygens (including phenoxy) is 1. The van der Waals surface area contributed by atoms with E-state index >= 15 is 0 Å². The Hall–Kier alpha value is -2.01. The molecule has 0 heterocycles. The first-order valence-electron chi connectivity index (χ1n) is 7.42. The molecule has 2 aromatic rings. The van der Waals surface area contributed by atoms with E-state index < -0.39 is 25.9 Å². The van der Waals surface area contributed by atoms with Crippen LogP contribution in [0.2, 0.25) is 0 Å². The summed E-state index contributed by atoms with van der Waals surface area (Å²) in [5, 5.41) is 0. The van der Waals surface area contributed by atoms with E-state index in [-0.39, 0.29) is 22.1 Å². The van der Waals surface area contributed by atoms with Crippen LogP contribution in [0.5, 0.6) is 5.75 Å². The number of nitrogens with zero attached hydrogens (tertiary/aromatic N) is 1. The van der Waals surface area contributed by atoms with Gasteiger partial charge < -0.3 is 4.74 Å². The SMILES string of the molecule is COc1ccc(F)cc1S(=O)(=O)NCc1ccc(S(=O)(=O)N(C)C)cc1. The summed E-state index contributed by atoms with van der Waals surface area (Å²) in [6.07, 6.45) is 0. The predicted octanol–water partition coefficient (Wildman–Crippen LogP) is 1.56. The van der Waals surface area contributed by atoms with Crippen molar-refractivity contribution < 1.29 is 26.0 Å². The van der Waals surface area contributed by atoms with Crippen LogP contribution in [0, 0.1) is 5.82 Å². The van der Waals surface area contributed by atoms with Gasteiger partial charge in [-0.15, -0.1) is 0 Å². The van der Waals surface area contributed by atoms with Crippen molar-refractivity contribution in [1.82, 2.24) is 9.03 Å². The van der Waals surface area contributed by atoms with Crippen LogP contribution in [-0.4, -0.2) is 42.3 Å². The molecule has 26 heavy (non-hydrogen) atoms. The van der Waals surface area contributed by atoms with Crippen LogP contribution in [0.1, 0.15) is 5.56 Å². The molecule has 0 saturated heterocycles. The minimum atomic E-state index is -4.02. The van der Waals surface area contributed by atoms with Gasteiger partial charge in [0.05, 0.1) is 12.0 Å². The Bertz CT molecular complexity index is 988. The van der Waals surface area contributed by atoms with E-state index in [4.69, 9.17) is 4.74 Å². The van der Waals surface area contributed by atoms with Crippen molar-refractivity contribution in [3.63, 3.8) is 0 Å². The van der Waals surface area contributed by atoms with Gasteiger partial charge in [0, 0.05) is 20.6 Å². The molecule has 0 fully saturated rings.